The van der Waals surface area contributed by atoms with Crippen molar-refractivity contribution in [1.29, 1.82) is 0 Å². The van der Waals surface area contributed by atoms with Crippen molar-refractivity contribution < 1.29 is 69.2 Å². The number of carbonyl (C=O) groups excluding carboxylic acids is 1. The Morgan fingerprint density at radius 2 is 1.92 bits per heavy atom. The molecule has 11 N–H and O–H groups in total. The van der Waals surface area contributed by atoms with Gasteiger partial charge in [0.15, 0.2) is 18.4 Å². The minimum atomic E-state index is -3.11. The first-order chi connectivity index (χ1) is 22.9. The number of aliphatic hydroxyl groups excluding tert-OH is 4. The highest BCUT2D eigenvalue weighted by Gasteiger charge is 2.56. The van der Waals surface area contributed by atoms with Crippen molar-refractivity contribution in [3.63, 3.8) is 0 Å². The highest BCUT2D eigenvalue weighted by Crippen LogP contribution is 2.38. The van der Waals surface area contributed by atoms with Crippen LogP contribution in [0.1, 0.15) is 25.7 Å². The second-order valence-corrected chi connectivity index (χ2v) is 11.9. The van der Waals surface area contributed by atoms with Gasteiger partial charge in [0.05, 0.1) is 36.7 Å². The number of carboxylic acids is 1. The molecule has 4 aliphatic rings. The Kier molecular flexibility index (Phi) is 12.5. The van der Waals surface area contributed by atoms with Crippen LogP contribution in [0, 0.1) is 11.8 Å². The van der Waals surface area contributed by atoms with Crippen molar-refractivity contribution in [2.24, 2.45) is 22.6 Å². The number of aliphatic hydroxyl groups is 6. The number of guanidine groups is 1. The monoisotopic (exact) mass is 681 g/mol. The number of hydrogen-bond donors (Lipinski definition) is 10. The van der Waals surface area contributed by atoms with Gasteiger partial charge in [-0.05, 0) is 25.7 Å². The van der Waals surface area contributed by atoms with Gasteiger partial charge >= 0.3 is 11.9 Å². The van der Waals surface area contributed by atoms with Crippen LogP contribution in [-0.2, 0) is 28.5 Å². The van der Waals surface area contributed by atoms with Crippen LogP contribution in [0.4, 0.5) is 0 Å². The maximum atomic E-state index is 13.5. The molecule has 1 aliphatic carbocycles. The lowest BCUT2D eigenvalue weighted by Crippen LogP contribution is -3.09. The molecule has 1 saturated carbocycles. The van der Waals surface area contributed by atoms with E-state index in [9.17, 15) is 45.3 Å². The number of aliphatic imine (C=N–C) groups is 1. The third-order valence-electron chi connectivity index (χ3n) is 8.76. The standard InChI is InChI=1S/C31H44N4O13/c1-3-18-19(9-8-16-12-35(10-11-36)13-20(26(40)41)23(16)34-30(32)33-2)21(27(42)46-17-6-4-5-7-17)15-45-28(18)48-29-25(39)31(43,44)24(38)22(14-37)47-29/h3,8-9,13,15,17-19,22,24-25,28-29,36-39,43-44H,1,4-7,10-12,14H2,2H3,(H,40,41)(H3,32,33,34)/p+1. The molecular formula is C31H45N4O13+. The predicted octanol–water partition coefficient (Wildman–Crippen LogP) is -3.53. The van der Waals surface area contributed by atoms with Crippen LogP contribution in [0.15, 0.2) is 64.7 Å². The van der Waals surface area contributed by atoms with E-state index in [2.05, 4.69) is 16.9 Å². The number of nitrogens with one attached hydrogen (secondary N) is 2. The molecule has 48 heavy (non-hydrogen) atoms. The molecule has 0 radical (unpaired) electrons. The number of ether oxygens (including phenoxy) is 4. The summed E-state index contributed by atoms with van der Waals surface area (Å²) in [5, 5.41) is 73.4. The maximum Gasteiger partial charge on any atom is 0.343 e. The Morgan fingerprint density at radius 3 is 2.52 bits per heavy atom. The normalized spacial score (nSPS) is 32.8. The molecule has 8 atom stereocenters. The highest BCUT2D eigenvalue weighted by molar-refractivity contribution is 5.94. The number of quaternary nitrogens is 1. The van der Waals surface area contributed by atoms with Crippen molar-refractivity contribution in [3.05, 3.63) is 59.7 Å². The minimum Gasteiger partial charge on any atom is -0.477 e. The largest absolute Gasteiger partial charge is 0.477 e. The zero-order valence-corrected chi connectivity index (χ0v) is 26.5. The van der Waals surface area contributed by atoms with Gasteiger partial charge < -0.3 is 70.6 Å². The number of esters is 1. The van der Waals surface area contributed by atoms with E-state index in [1.807, 2.05) is 0 Å². The van der Waals surface area contributed by atoms with Crippen LogP contribution in [-0.4, -0.2) is 130 Å². The number of carbonyl (C=O) groups is 2. The van der Waals surface area contributed by atoms with Gasteiger partial charge in [-0.25, -0.2) is 9.59 Å². The van der Waals surface area contributed by atoms with E-state index >= 15 is 0 Å². The average Bonchev–Trinajstić information content (AvgIpc) is 3.57. The highest BCUT2D eigenvalue weighted by atomic mass is 16.8. The minimum absolute atomic E-state index is 0.0564. The summed E-state index contributed by atoms with van der Waals surface area (Å²) in [6.07, 6.45) is 1.12. The van der Waals surface area contributed by atoms with Crippen molar-refractivity contribution in [1.82, 2.24) is 5.32 Å². The fraction of sp³-hybridized carbons (Fsp3) is 0.581. The summed E-state index contributed by atoms with van der Waals surface area (Å²) in [6.45, 7) is 3.22. The number of nitrogens with two attached hydrogens (primary N) is 1. The van der Waals surface area contributed by atoms with Crippen molar-refractivity contribution in [2.75, 3.05) is 33.4 Å². The summed E-state index contributed by atoms with van der Waals surface area (Å²) in [4.78, 5) is 30.3. The van der Waals surface area contributed by atoms with Crippen LogP contribution in [0.5, 0.6) is 0 Å². The van der Waals surface area contributed by atoms with Gasteiger partial charge in [0.25, 0.3) is 0 Å². The lowest BCUT2D eigenvalue weighted by molar-refractivity contribution is -0.843. The van der Waals surface area contributed by atoms with Crippen LogP contribution in [0.2, 0.25) is 0 Å². The smallest absolute Gasteiger partial charge is 0.343 e. The second kappa shape index (κ2) is 16.2. The first-order valence-electron chi connectivity index (χ1n) is 15.6. The van der Waals surface area contributed by atoms with E-state index in [1.165, 1.54) is 19.3 Å². The van der Waals surface area contributed by atoms with Gasteiger partial charge in [-0.2, -0.15) is 0 Å². The Balaban J connectivity index is 1.73. The molecule has 3 heterocycles. The molecule has 2 fully saturated rings. The van der Waals surface area contributed by atoms with E-state index in [4.69, 9.17) is 24.7 Å². The van der Waals surface area contributed by atoms with Crippen molar-refractivity contribution >= 4 is 17.9 Å². The van der Waals surface area contributed by atoms with E-state index in [-0.39, 0.29) is 48.6 Å². The first-order valence-corrected chi connectivity index (χ1v) is 15.6. The number of allylic oxidation sites excluding steroid dienone is 1. The van der Waals surface area contributed by atoms with Gasteiger partial charge in [-0.1, -0.05) is 18.2 Å². The van der Waals surface area contributed by atoms with Gasteiger partial charge in [0, 0.05) is 18.5 Å². The molecular weight excluding hydrogens is 636 g/mol. The molecule has 1 saturated heterocycles. The molecule has 0 spiro atoms. The number of rotatable bonds is 12. The number of hydrogen-bond acceptors (Lipinski definition) is 13. The molecule has 266 valence electrons. The molecule has 8 unspecified atom stereocenters. The number of nitrogens with zero attached hydrogens (tertiary/aromatic N) is 1. The van der Waals surface area contributed by atoms with E-state index in [0.717, 1.165) is 19.1 Å². The third-order valence-corrected chi connectivity index (χ3v) is 8.76. The van der Waals surface area contributed by atoms with E-state index in [0.29, 0.717) is 23.3 Å². The van der Waals surface area contributed by atoms with Crippen LogP contribution < -0.4 is 16.0 Å². The fourth-order valence-corrected chi connectivity index (χ4v) is 6.06. The van der Waals surface area contributed by atoms with Crippen molar-refractivity contribution in [3.8, 4) is 0 Å². The molecule has 0 aromatic heterocycles. The van der Waals surface area contributed by atoms with Crippen LogP contribution in [0.3, 0.4) is 0 Å². The number of carboxylic acid groups (broad SMARTS) is 1. The van der Waals surface area contributed by atoms with Crippen LogP contribution >= 0.6 is 0 Å². The maximum absolute atomic E-state index is 13.5. The summed E-state index contributed by atoms with van der Waals surface area (Å²) in [7, 11) is 1.42. The summed E-state index contributed by atoms with van der Waals surface area (Å²) in [5.41, 5.74) is 6.44. The molecule has 3 aliphatic heterocycles. The average molecular weight is 682 g/mol. The van der Waals surface area contributed by atoms with E-state index < -0.39 is 67.1 Å². The number of aliphatic carboxylic acids is 1. The predicted molar refractivity (Wildman–Crippen MR) is 165 cm³/mol. The molecule has 0 amide bonds. The van der Waals surface area contributed by atoms with Gasteiger partial charge in [-0.3, -0.25) is 4.99 Å². The van der Waals surface area contributed by atoms with E-state index in [1.54, 1.807) is 12.2 Å². The molecule has 0 aromatic carbocycles. The summed E-state index contributed by atoms with van der Waals surface area (Å²) in [6, 6.07) is 0. The molecule has 4 rings (SSSR count). The summed E-state index contributed by atoms with van der Waals surface area (Å²) >= 11 is 0. The Labute approximate surface area is 276 Å². The van der Waals surface area contributed by atoms with Gasteiger partial charge in [-0.15, -0.1) is 6.58 Å². The lowest BCUT2D eigenvalue weighted by atomic mass is 9.83. The lowest BCUT2D eigenvalue weighted by Gasteiger charge is -2.46. The molecule has 0 bridgehead atoms. The van der Waals surface area contributed by atoms with Crippen molar-refractivity contribution in [2.45, 2.75) is 68.5 Å². The first kappa shape index (κ1) is 37.2. The topological polar surface area (TPSA) is 268 Å². The zero-order valence-electron chi connectivity index (χ0n) is 26.5. The Bertz CT molecular complexity index is 1350. The summed E-state index contributed by atoms with van der Waals surface area (Å²) in [5.74, 6) is -6.90. The summed E-state index contributed by atoms with van der Waals surface area (Å²) < 4.78 is 22.8. The second-order valence-electron chi connectivity index (χ2n) is 11.9. The van der Waals surface area contributed by atoms with Gasteiger partial charge in [0.1, 0.15) is 43.2 Å². The van der Waals surface area contributed by atoms with Crippen LogP contribution in [0.25, 0.3) is 0 Å². The molecule has 0 aromatic rings. The zero-order chi connectivity index (χ0) is 35.2. The quantitative estimate of drug-likeness (QED) is 0.0314. The Morgan fingerprint density at radius 1 is 1.21 bits per heavy atom. The SMILES string of the molecule is C=CC1C(OC2OC(CO)C(O)C(O)(O)C2O)OC=C(C(=O)OC2CCCC2)C1C=CC1=C(NC(N)=NC)C(C(=O)O)=C[NH+](CCO)C1. The molecule has 17 nitrogen and oxygen atoms in total. The Hall–Kier alpha value is -3.65. The fourth-order valence-electron chi connectivity index (χ4n) is 6.06. The third kappa shape index (κ3) is 8.13. The van der Waals surface area contributed by atoms with Gasteiger partial charge in [0.2, 0.25) is 12.1 Å². The molecule has 17 heteroatoms.